The summed E-state index contributed by atoms with van der Waals surface area (Å²) >= 11 is 6.12. The van der Waals surface area contributed by atoms with Gasteiger partial charge in [-0.1, -0.05) is 23.7 Å². The number of hydrogen-bond acceptors (Lipinski definition) is 6. The molecule has 0 fully saturated rings. The molecule has 2 aromatic heterocycles. The highest BCUT2D eigenvalue weighted by atomic mass is 35.5. The lowest BCUT2D eigenvalue weighted by Gasteiger charge is -2.16. The molecule has 2 atom stereocenters. The number of nitrogens with zero attached hydrogens (tertiary/aromatic N) is 2. The average molecular weight is 407 g/mol. The highest BCUT2D eigenvalue weighted by Gasteiger charge is 2.20. The molecule has 3 rings (SSSR count). The van der Waals surface area contributed by atoms with Gasteiger partial charge < -0.3 is 10.3 Å². The van der Waals surface area contributed by atoms with Crippen LogP contribution >= 0.6 is 11.6 Å². The third kappa shape index (κ3) is 4.12. The minimum absolute atomic E-state index is 0.251. The van der Waals surface area contributed by atoms with Gasteiger partial charge in [-0.05, 0) is 32.0 Å². The van der Waals surface area contributed by atoms with Gasteiger partial charge in [0.15, 0.2) is 9.84 Å². The first-order valence-corrected chi connectivity index (χ1v) is 10.6. The summed E-state index contributed by atoms with van der Waals surface area (Å²) in [5, 5.41) is 3.59. The van der Waals surface area contributed by atoms with E-state index in [9.17, 15) is 13.2 Å². The molecule has 0 aliphatic heterocycles. The van der Waals surface area contributed by atoms with Crippen molar-refractivity contribution < 1.29 is 8.42 Å². The molecule has 1 unspecified atom stereocenters. The van der Waals surface area contributed by atoms with E-state index in [2.05, 4.69) is 20.3 Å². The predicted molar refractivity (Wildman–Crippen MR) is 107 cm³/mol. The Hall–Kier alpha value is -2.45. The van der Waals surface area contributed by atoms with Crippen molar-refractivity contribution in [3.05, 3.63) is 63.2 Å². The second-order valence-corrected chi connectivity index (χ2v) is 9.17. The van der Waals surface area contributed by atoms with E-state index >= 15 is 0 Å². The molecule has 0 amide bonds. The van der Waals surface area contributed by atoms with Crippen LogP contribution in [0.1, 0.15) is 36.4 Å². The van der Waals surface area contributed by atoms with E-state index in [4.69, 9.17) is 11.6 Å². The van der Waals surface area contributed by atoms with Crippen molar-refractivity contribution in [1.82, 2.24) is 15.0 Å². The average Bonchev–Trinajstić information content (AvgIpc) is 2.61. The number of hydrogen-bond donors (Lipinski definition) is 2. The first-order valence-electron chi connectivity index (χ1n) is 8.26. The van der Waals surface area contributed by atoms with Gasteiger partial charge >= 0.3 is 0 Å². The minimum atomic E-state index is -3.27. The van der Waals surface area contributed by atoms with Gasteiger partial charge in [-0.3, -0.25) is 4.79 Å². The number of aromatic amines is 1. The standard InChI is InChI=1S/C18H19ClN4O3S/c1-10(13-9-12-5-4-6-14(19)16(12)23-17(13)24)21-18-20-8-7-15(22-18)11(2)27(3,25)26/h4-11H,1-3H3,(H,23,24)(H,20,21,22)/t10-,11?/m0/s1. The maximum absolute atomic E-state index is 12.4. The topological polar surface area (TPSA) is 105 Å². The number of H-pyrrole nitrogens is 1. The monoisotopic (exact) mass is 406 g/mol. The summed E-state index contributed by atoms with van der Waals surface area (Å²) in [6, 6.07) is 8.31. The molecule has 1 aromatic carbocycles. The van der Waals surface area contributed by atoms with E-state index in [-0.39, 0.29) is 11.5 Å². The molecule has 2 N–H and O–H groups in total. The number of halogens is 1. The Kier molecular flexibility index (Phi) is 5.21. The molecule has 0 spiro atoms. The van der Waals surface area contributed by atoms with E-state index in [1.165, 1.54) is 6.20 Å². The molecule has 0 saturated heterocycles. The van der Waals surface area contributed by atoms with Crippen molar-refractivity contribution in [2.24, 2.45) is 0 Å². The second-order valence-electron chi connectivity index (χ2n) is 6.40. The van der Waals surface area contributed by atoms with E-state index in [1.54, 1.807) is 32.0 Å². The Balaban J connectivity index is 1.92. The number of fused-ring (bicyclic) bond motifs is 1. The molecule has 0 radical (unpaired) electrons. The van der Waals surface area contributed by atoms with Gasteiger partial charge in [-0.25, -0.2) is 18.4 Å². The summed E-state index contributed by atoms with van der Waals surface area (Å²) in [5.41, 5.74) is 1.20. The number of nitrogens with one attached hydrogen (secondary N) is 2. The SMILES string of the molecule is CC(c1ccnc(N[C@@H](C)c2cc3cccc(Cl)c3[nH]c2=O)n1)S(C)(=O)=O. The van der Waals surface area contributed by atoms with Crippen LogP contribution in [0.15, 0.2) is 41.3 Å². The van der Waals surface area contributed by atoms with Gasteiger partial charge in [0.25, 0.3) is 5.56 Å². The molecule has 0 aliphatic rings. The fraction of sp³-hybridized carbons (Fsp3) is 0.278. The van der Waals surface area contributed by atoms with Crippen LogP contribution < -0.4 is 10.9 Å². The maximum atomic E-state index is 12.4. The summed E-state index contributed by atoms with van der Waals surface area (Å²) in [4.78, 5) is 23.6. The zero-order valence-electron chi connectivity index (χ0n) is 15.0. The van der Waals surface area contributed by atoms with Gasteiger partial charge in [0.2, 0.25) is 5.95 Å². The lowest BCUT2D eigenvalue weighted by molar-refractivity contribution is 0.591. The zero-order valence-corrected chi connectivity index (χ0v) is 16.6. The number of rotatable bonds is 5. The Bertz CT molecular complexity index is 1160. The number of para-hydroxylation sites is 1. The number of aromatic nitrogens is 3. The fourth-order valence-corrected chi connectivity index (χ4v) is 3.49. The van der Waals surface area contributed by atoms with Crippen LogP contribution in [0.5, 0.6) is 0 Å². The number of sulfone groups is 1. The van der Waals surface area contributed by atoms with Gasteiger partial charge in [0.1, 0.15) is 5.25 Å². The van der Waals surface area contributed by atoms with E-state index in [1.807, 2.05) is 12.1 Å². The Morgan fingerprint density at radius 1 is 1.22 bits per heavy atom. The first kappa shape index (κ1) is 19.3. The molecular formula is C18H19ClN4O3S. The van der Waals surface area contributed by atoms with Gasteiger partial charge in [0, 0.05) is 23.4 Å². The van der Waals surface area contributed by atoms with Crippen LogP contribution in [0.25, 0.3) is 10.9 Å². The minimum Gasteiger partial charge on any atom is -0.347 e. The molecule has 142 valence electrons. The van der Waals surface area contributed by atoms with Crippen LogP contribution in [0.3, 0.4) is 0 Å². The summed E-state index contributed by atoms with van der Waals surface area (Å²) in [5.74, 6) is 0.251. The lowest BCUT2D eigenvalue weighted by Crippen LogP contribution is -2.20. The largest absolute Gasteiger partial charge is 0.347 e. The first-order chi connectivity index (χ1) is 12.7. The summed E-state index contributed by atoms with van der Waals surface area (Å²) in [6.07, 6.45) is 2.65. The van der Waals surface area contributed by atoms with E-state index in [0.29, 0.717) is 21.8 Å². The third-order valence-corrected chi connectivity index (χ3v) is 6.25. The van der Waals surface area contributed by atoms with Crippen molar-refractivity contribution in [3.8, 4) is 0 Å². The molecule has 0 aliphatic carbocycles. The van der Waals surface area contributed by atoms with E-state index in [0.717, 1.165) is 11.6 Å². The normalized spacial score (nSPS) is 14.1. The van der Waals surface area contributed by atoms with Crippen LogP contribution in [-0.2, 0) is 9.84 Å². The van der Waals surface area contributed by atoms with Crippen LogP contribution in [0, 0.1) is 0 Å². The van der Waals surface area contributed by atoms with Crippen molar-refractivity contribution >= 4 is 38.3 Å². The molecule has 9 heteroatoms. The van der Waals surface area contributed by atoms with Gasteiger partial charge in [-0.2, -0.15) is 0 Å². The molecule has 2 heterocycles. The Morgan fingerprint density at radius 3 is 2.67 bits per heavy atom. The van der Waals surface area contributed by atoms with Crippen LogP contribution in [0.2, 0.25) is 5.02 Å². The molecule has 3 aromatic rings. The van der Waals surface area contributed by atoms with Crippen LogP contribution in [-0.4, -0.2) is 29.6 Å². The Labute approximate surface area is 161 Å². The molecule has 0 saturated carbocycles. The lowest BCUT2D eigenvalue weighted by atomic mass is 10.1. The summed E-state index contributed by atoms with van der Waals surface area (Å²) < 4.78 is 23.5. The second kappa shape index (κ2) is 7.28. The fourth-order valence-electron chi connectivity index (χ4n) is 2.69. The highest BCUT2D eigenvalue weighted by molar-refractivity contribution is 7.90. The smallest absolute Gasteiger partial charge is 0.253 e. The number of pyridine rings is 1. The molecule has 27 heavy (non-hydrogen) atoms. The molecular weight excluding hydrogens is 388 g/mol. The quantitative estimate of drug-likeness (QED) is 0.673. The Morgan fingerprint density at radius 2 is 1.96 bits per heavy atom. The third-order valence-electron chi connectivity index (χ3n) is 4.41. The van der Waals surface area contributed by atoms with Crippen LogP contribution in [0.4, 0.5) is 5.95 Å². The van der Waals surface area contributed by atoms with Gasteiger partial charge in [-0.15, -0.1) is 0 Å². The summed E-state index contributed by atoms with van der Waals surface area (Å²) in [7, 11) is -3.27. The van der Waals surface area contributed by atoms with E-state index < -0.39 is 21.1 Å². The maximum Gasteiger partial charge on any atom is 0.253 e. The summed E-state index contributed by atoms with van der Waals surface area (Å²) in [6.45, 7) is 3.37. The predicted octanol–water partition coefficient (Wildman–Crippen LogP) is 3.25. The zero-order chi connectivity index (χ0) is 19.8. The van der Waals surface area contributed by atoms with Crippen molar-refractivity contribution in [2.75, 3.05) is 11.6 Å². The molecule has 0 bridgehead atoms. The number of benzene rings is 1. The van der Waals surface area contributed by atoms with Crippen molar-refractivity contribution in [1.29, 1.82) is 0 Å². The van der Waals surface area contributed by atoms with Crippen molar-refractivity contribution in [3.63, 3.8) is 0 Å². The molecule has 7 nitrogen and oxygen atoms in total. The van der Waals surface area contributed by atoms with Gasteiger partial charge in [0.05, 0.1) is 22.3 Å². The van der Waals surface area contributed by atoms with Crippen molar-refractivity contribution in [2.45, 2.75) is 25.1 Å². The number of anilines is 1. The highest BCUT2D eigenvalue weighted by Crippen LogP contribution is 2.24.